The first-order valence-corrected chi connectivity index (χ1v) is 7.31. The van der Waals surface area contributed by atoms with Crippen molar-refractivity contribution in [3.63, 3.8) is 0 Å². The lowest BCUT2D eigenvalue weighted by atomic mass is 9.78. The molecular formula is C15H22N2O4. The van der Waals surface area contributed by atoms with Gasteiger partial charge in [0.1, 0.15) is 5.76 Å². The molecule has 6 heteroatoms. The van der Waals surface area contributed by atoms with E-state index in [2.05, 4.69) is 5.16 Å². The highest BCUT2D eigenvalue weighted by Gasteiger charge is 2.37. The molecule has 0 aliphatic heterocycles. The van der Waals surface area contributed by atoms with E-state index in [4.69, 9.17) is 4.52 Å². The Bertz CT molecular complexity index is 518. The summed E-state index contributed by atoms with van der Waals surface area (Å²) in [5, 5.41) is 13.2. The number of aromatic nitrogens is 1. The van der Waals surface area contributed by atoms with Crippen LogP contribution in [0, 0.1) is 25.7 Å². The van der Waals surface area contributed by atoms with Gasteiger partial charge < -0.3 is 14.5 Å². The van der Waals surface area contributed by atoms with E-state index in [1.807, 2.05) is 13.8 Å². The molecule has 1 fully saturated rings. The van der Waals surface area contributed by atoms with Crippen molar-refractivity contribution in [2.24, 2.45) is 11.8 Å². The second-order valence-corrected chi connectivity index (χ2v) is 5.83. The second-order valence-electron chi connectivity index (χ2n) is 5.83. The highest BCUT2D eigenvalue weighted by molar-refractivity contribution is 5.84. The van der Waals surface area contributed by atoms with Crippen molar-refractivity contribution in [2.75, 3.05) is 7.05 Å². The number of aryl methyl sites for hydroxylation is 2. The highest BCUT2D eigenvalue weighted by Crippen LogP contribution is 2.32. The molecule has 0 spiro atoms. The van der Waals surface area contributed by atoms with E-state index in [-0.39, 0.29) is 5.91 Å². The maximum Gasteiger partial charge on any atom is 0.307 e. The van der Waals surface area contributed by atoms with Crippen LogP contribution in [0.4, 0.5) is 0 Å². The maximum atomic E-state index is 12.6. The lowest BCUT2D eigenvalue weighted by molar-refractivity contribution is -0.152. The number of rotatable bonds is 4. The molecule has 1 aliphatic carbocycles. The number of carboxylic acid groups (broad SMARTS) is 1. The van der Waals surface area contributed by atoms with E-state index in [0.29, 0.717) is 25.1 Å². The Morgan fingerprint density at radius 1 is 1.29 bits per heavy atom. The van der Waals surface area contributed by atoms with Crippen molar-refractivity contribution >= 4 is 11.9 Å². The first-order chi connectivity index (χ1) is 9.91. The Kier molecular flexibility index (Phi) is 4.65. The fraction of sp³-hybridized carbons (Fsp3) is 0.667. The van der Waals surface area contributed by atoms with Gasteiger partial charge in [0, 0.05) is 12.6 Å². The van der Waals surface area contributed by atoms with Gasteiger partial charge in [-0.05, 0) is 26.7 Å². The summed E-state index contributed by atoms with van der Waals surface area (Å²) in [6, 6.07) is 0. The van der Waals surface area contributed by atoms with Crippen LogP contribution in [0.2, 0.25) is 0 Å². The molecule has 1 amide bonds. The van der Waals surface area contributed by atoms with Gasteiger partial charge in [-0.1, -0.05) is 18.0 Å². The normalized spacial score (nSPS) is 22.0. The molecule has 116 valence electrons. The number of nitrogens with zero attached hydrogens (tertiary/aromatic N) is 2. The van der Waals surface area contributed by atoms with E-state index in [1.54, 1.807) is 11.9 Å². The molecule has 1 heterocycles. The van der Waals surface area contributed by atoms with Crippen molar-refractivity contribution < 1.29 is 19.2 Å². The minimum Gasteiger partial charge on any atom is -0.481 e. The van der Waals surface area contributed by atoms with Gasteiger partial charge in [-0.3, -0.25) is 9.59 Å². The van der Waals surface area contributed by atoms with Crippen LogP contribution in [-0.4, -0.2) is 34.1 Å². The van der Waals surface area contributed by atoms with Crippen LogP contribution in [0.3, 0.4) is 0 Å². The number of carbonyl (C=O) groups is 2. The third kappa shape index (κ3) is 3.25. The SMILES string of the molecule is Cc1noc(C)c1CN(C)C(=O)C1CCCCC1C(=O)O. The quantitative estimate of drug-likeness (QED) is 0.919. The zero-order chi connectivity index (χ0) is 15.6. The summed E-state index contributed by atoms with van der Waals surface area (Å²) in [7, 11) is 1.71. The first kappa shape index (κ1) is 15.5. The Morgan fingerprint density at radius 3 is 2.43 bits per heavy atom. The molecule has 2 rings (SSSR count). The Morgan fingerprint density at radius 2 is 1.90 bits per heavy atom. The molecular weight excluding hydrogens is 272 g/mol. The third-order valence-corrected chi connectivity index (χ3v) is 4.35. The largest absolute Gasteiger partial charge is 0.481 e. The standard InChI is InChI=1S/C15H22N2O4/c1-9-13(10(2)21-16-9)8-17(3)14(18)11-6-4-5-7-12(11)15(19)20/h11-12H,4-8H2,1-3H3,(H,19,20). The molecule has 0 saturated heterocycles. The van der Waals surface area contributed by atoms with E-state index < -0.39 is 17.8 Å². The van der Waals surface area contributed by atoms with Crippen LogP contribution in [0.15, 0.2) is 4.52 Å². The molecule has 2 atom stereocenters. The van der Waals surface area contributed by atoms with E-state index >= 15 is 0 Å². The molecule has 1 aromatic heterocycles. The summed E-state index contributed by atoms with van der Waals surface area (Å²) in [5.74, 6) is -1.23. The average Bonchev–Trinajstić information content (AvgIpc) is 2.78. The van der Waals surface area contributed by atoms with Crippen molar-refractivity contribution in [3.8, 4) is 0 Å². The summed E-state index contributed by atoms with van der Waals surface area (Å²) in [6.07, 6.45) is 3.04. The molecule has 6 nitrogen and oxygen atoms in total. The van der Waals surface area contributed by atoms with Gasteiger partial charge in [0.25, 0.3) is 0 Å². The van der Waals surface area contributed by atoms with Crippen LogP contribution in [0.25, 0.3) is 0 Å². The number of hydrogen-bond acceptors (Lipinski definition) is 4. The predicted molar refractivity (Wildman–Crippen MR) is 75.5 cm³/mol. The number of amides is 1. The molecule has 21 heavy (non-hydrogen) atoms. The lowest BCUT2D eigenvalue weighted by Gasteiger charge is -2.31. The maximum absolute atomic E-state index is 12.6. The number of hydrogen-bond donors (Lipinski definition) is 1. The lowest BCUT2D eigenvalue weighted by Crippen LogP contribution is -2.40. The van der Waals surface area contributed by atoms with Crippen molar-refractivity contribution in [3.05, 3.63) is 17.0 Å². The summed E-state index contributed by atoms with van der Waals surface area (Å²) < 4.78 is 5.10. The van der Waals surface area contributed by atoms with E-state index in [9.17, 15) is 14.7 Å². The Labute approximate surface area is 124 Å². The van der Waals surface area contributed by atoms with Gasteiger partial charge in [-0.25, -0.2) is 0 Å². The minimum atomic E-state index is -0.862. The number of carboxylic acids is 1. The van der Waals surface area contributed by atoms with Gasteiger partial charge in [0.15, 0.2) is 0 Å². The topological polar surface area (TPSA) is 83.6 Å². The van der Waals surface area contributed by atoms with Crippen LogP contribution in [-0.2, 0) is 16.1 Å². The number of aliphatic carboxylic acids is 1. The smallest absolute Gasteiger partial charge is 0.307 e. The predicted octanol–water partition coefficient (Wildman–Crippen LogP) is 2.14. The van der Waals surface area contributed by atoms with Gasteiger partial charge in [-0.15, -0.1) is 0 Å². The monoisotopic (exact) mass is 294 g/mol. The van der Waals surface area contributed by atoms with Gasteiger partial charge in [0.05, 0.1) is 24.1 Å². The van der Waals surface area contributed by atoms with Crippen LogP contribution in [0.5, 0.6) is 0 Å². The van der Waals surface area contributed by atoms with Crippen LogP contribution >= 0.6 is 0 Å². The highest BCUT2D eigenvalue weighted by atomic mass is 16.5. The minimum absolute atomic E-state index is 0.0953. The fourth-order valence-corrected chi connectivity index (χ4v) is 3.05. The summed E-state index contributed by atoms with van der Waals surface area (Å²) in [5.41, 5.74) is 1.67. The van der Waals surface area contributed by atoms with Gasteiger partial charge >= 0.3 is 5.97 Å². The second kappa shape index (κ2) is 6.28. The zero-order valence-corrected chi connectivity index (χ0v) is 12.8. The fourth-order valence-electron chi connectivity index (χ4n) is 3.05. The summed E-state index contributed by atoms with van der Waals surface area (Å²) in [6.45, 7) is 4.06. The van der Waals surface area contributed by atoms with Gasteiger partial charge in [0.2, 0.25) is 5.91 Å². The van der Waals surface area contributed by atoms with Crippen LogP contribution in [0.1, 0.15) is 42.7 Å². The third-order valence-electron chi connectivity index (χ3n) is 4.35. The zero-order valence-electron chi connectivity index (χ0n) is 12.8. The molecule has 0 aromatic carbocycles. The Hall–Kier alpha value is -1.85. The Balaban J connectivity index is 2.09. The van der Waals surface area contributed by atoms with E-state index in [1.165, 1.54) is 0 Å². The molecule has 2 unspecified atom stereocenters. The first-order valence-electron chi connectivity index (χ1n) is 7.31. The van der Waals surface area contributed by atoms with E-state index in [0.717, 1.165) is 24.1 Å². The average molecular weight is 294 g/mol. The summed E-state index contributed by atoms with van der Waals surface area (Å²) >= 11 is 0. The molecule has 0 bridgehead atoms. The van der Waals surface area contributed by atoms with Crippen molar-refractivity contribution in [1.29, 1.82) is 0 Å². The molecule has 1 saturated carbocycles. The molecule has 1 aromatic rings. The molecule has 0 radical (unpaired) electrons. The molecule has 1 N–H and O–H groups in total. The van der Waals surface area contributed by atoms with Crippen molar-refractivity contribution in [1.82, 2.24) is 10.1 Å². The molecule has 1 aliphatic rings. The van der Waals surface area contributed by atoms with Crippen LogP contribution < -0.4 is 0 Å². The van der Waals surface area contributed by atoms with Crippen molar-refractivity contribution in [2.45, 2.75) is 46.1 Å². The number of carbonyl (C=O) groups excluding carboxylic acids is 1. The summed E-state index contributed by atoms with van der Waals surface area (Å²) in [4.78, 5) is 25.5. The van der Waals surface area contributed by atoms with Gasteiger partial charge in [-0.2, -0.15) is 0 Å².